The topological polar surface area (TPSA) is 104 Å². The van der Waals surface area contributed by atoms with Crippen LogP contribution in [0.15, 0.2) is 35.9 Å². The van der Waals surface area contributed by atoms with Gasteiger partial charge in [0, 0.05) is 5.92 Å². The Labute approximate surface area is 249 Å². The van der Waals surface area contributed by atoms with Crippen LogP contribution in [0.4, 0.5) is 4.39 Å². The van der Waals surface area contributed by atoms with Crippen molar-refractivity contribution in [3.05, 3.63) is 47.3 Å². The van der Waals surface area contributed by atoms with E-state index in [2.05, 4.69) is 27.7 Å². The lowest BCUT2D eigenvalue weighted by atomic mass is 9.36. The smallest absolute Gasteiger partial charge is 0.338 e. The second-order valence-corrected chi connectivity index (χ2v) is 15.0. The Hall–Kier alpha value is -2.25. The Balaban J connectivity index is 1.56. The summed E-state index contributed by atoms with van der Waals surface area (Å²) in [6.45, 7) is 12.9. The van der Waals surface area contributed by atoms with Gasteiger partial charge in [-0.2, -0.15) is 0 Å². The summed E-state index contributed by atoms with van der Waals surface area (Å²) in [5.74, 6) is -2.89. The van der Waals surface area contributed by atoms with Crippen molar-refractivity contribution in [1.82, 2.24) is 0 Å². The lowest BCUT2D eigenvalue weighted by molar-refractivity contribution is -0.240. The molecule has 1 aromatic carbocycles. The van der Waals surface area contributed by atoms with Crippen LogP contribution in [0, 0.1) is 57.6 Å². The summed E-state index contributed by atoms with van der Waals surface area (Å²) >= 11 is 0. The van der Waals surface area contributed by atoms with Gasteiger partial charge in [0.15, 0.2) is 0 Å². The van der Waals surface area contributed by atoms with Crippen molar-refractivity contribution >= 4 is 11.9 Å². The minimum absolute atomic E-state index is 0.00629. The third-order valence-electron chi connectivity index (χ3n) is 12.9. The Bertz CT molecular complexity index is 1220. The van der Waals surface area contributed by atoms with Crippen LogP contribution in [0.2, 0.25) is 0 Å². The molecule has 1 aromatic rings. The first kappa shape index (κ1) is 31.2. The van der Waals surface area contributed by atoms with E-state index >= 15 is 0 Å². The fraction of sp³-hybridized carbons (Fsp3) is 0.714. The Kier molecular flexibility index (Phi) is 8.19. The van der Waals surface area contributed by atoms with Gasteiger partial charge in [0.05, 0.1) is 23.7 Å². The van der Waals surface area contributed by atoms with Crippen LogP contribution in [-0.4, -0.2) is 45.6 Å². The summed E-state index contributed by atoms with van der Waals surface area (Å²) in [7, 11) is 0. The van der Waals surface area contributed by atoms with E-state index in [0.717, 1.165) is 31.3 Å². The summed E-state index contributed by atoms with van der Waals surface area (Å²) in [4.78, 5) is 26.3. The number of fused-ring (bicyclic) bond motifs is 5. The van der Waals surface area contributed by atoms with Crippen molar-refractivity contribution in [2.24, 2.45) is 51.8 Å². The Morgan fingerprint density at radius 2 is 1.69 bits per heavy atom. The zero-order valence-electron chi connectivity index (χ0n) is 26.0. The number of rotatable bonds is 6. The summed E-state index contributed by atoms with van der Waals surface area (Å²) in [6, 6.07) is 5.25. The average molecular weight is 585 g/mol. The molecule has 7 heteroatoms. The van der Waals surface area contributed by atoms with E-state index < -0.39 is 41.8 Å². The van der Waals surface area contributed by atoms with Crippen molar-refractivity contribution in [2.45, 2.75) is 105 Å². The number of halogens is 1. The highest BCUT2D eigenvalue weighted by molar-refractivity contribution is 5.89. The predicted octanol–water partition coefficient (Wildman–Crippen LogP) is 6.64. The number of aliphatic carboxylic acids is 1. The number of hydrogen-bond acceptors (Lipinski definition) is 5. The summed E-state index contributed by atoms with van der Waals surface area (Å²) in [6.07, 6.45) is 5.05. The SMILES string of the molecule is CC(C)=CC[C@@H](C(=O)O)[C@@H]1C2CC(O)C3[C@@]4(C)CC[C@@H](O)[C@@H](C)C4CC[C@]3(C)[C@@]2(C)C[C@@H]1OC(=O)c1ccc(F)cc1. The van der Waals surface area contributed by atoms with Gasteiger partial charge in [-0.25, -0.2) is 9.18 Å². The van der Waals surface area contributed by atoms with Gasteiger partial charge in [-0.15, -0.1) is 0 Å². The molecule has 3 N–H and O–H groups in total. The standard InChI is InChI=1S/C35H49FO6/c1-19(2)7-12-23(31(39)40)29-25-17-27(38)30-33(4)15-14-26(37)20(3)24(33)13-16-34(30,5)35(25,6)18-28(29)42-32(41)21-8-10-22(36)11-9-21/h7-11,20,23-30,37-38H,12-18H2,1-6H3,(H,39,40)/t20-,23+,24?,25?,26+,27?,28-,29+,30?,33-,34-,35-/m0/s1. The number of carboxylic acids is 1. The lowest BCUT2D eigenvalue weighted by Gasteiger charge is -2.69. The molecule has 0 heterocycles. The van der Waals surface area contributed by atoms with Crippen LogP contribution >= 0.6 is 0 Å². The maximum atomic E-state index is 13.6. The van der Waals surface area contributed by atoms with E-state index in [9.17, 15) is 29.3 Å². The van der Waals surface area contributed by atoms with Gasteiger partial charge in [0.2, 0.25) is 0 Å². The van der Waals surface area contributed by atoms with Crippen LogP contribution in [0.1, 0.15) is 96.8 Å². The van der Waals surface area contributed by atoms with Crippen molar-refractivity contribution in [3.63, 3.8) is 0 Å². The second-order valence-electron chi connectivity index (χ2n) is 15.0. The average Bonchev–Trinajstić information content (AvgIpc) is 3.18. The van der Waals surface area contributed by atoms with Crippen molar-refractivity contribution in [2.75, 3.05) is 0 Å². The first-order chi connectivity index (χ1) is 19.6. The number of benzene rings is 1. The highest BCUT2D eigenvalue weighted by Crippen LogP contribution is 2.74. The van der Waals surface area contributed by atoms with Gasteiger partial charge in [-0.05, 0) is 123 Å². The normalized spacial score (nSPS) is 43.4. The summed E-state index contributed by atoms with van der Waals surface area (Å²) in [5.41, 5.74) is 0.431. The van der Waals surface area contributed by atoms with Gasteiger partial charge >= 0.3 is 11.9 Å². The molecule has 4 aliphatic rings. The minimum atomic E-state index is -0.919. The molecule has 42 heavy (non-hydrogen) atoms. The molecular weight excluding hydrogens is 535 g/mol. The molecule has 0 aliphatic heterocycles. The third-order valence-corrected chi connectivity index (χ3v) is 12.9. The second kappa shape index (κ2) is 11.0. The minimum Gasteiger partial charge on any atom is -0.481 e. The number of aliphatic hydroxyl groups excluding tert-OH is 2. The van der Waals surface area contributed by atoms with E-state index in [4.69, 9.17) is 4.74 Å². The maximum Gasteiger partial charge on any atom is 0.338 e. The van der Waals surface area contributed by atoms with Gasteiger partial charge in [0.25, 0.3) is 0 Å². The largest absolute Gasteiger partial charge is 0.481 e. The number of esters is 1. The van der Waals surface area contributed by atoms with E-state index in [0.29, 0.717) is 25.2 Å². The molecule has 0 spiro atoms. The van der Waals surface area contributed by atoms with Crippen LogP contribution in [0.3, 0.4) is 0 Å². The zero-order valence-corrected chi connectivity index (χ0v) is 26.0. The highest BCUT2D eigenvalue weighted by atomic mass is 19.1. The molecule has 4 saturated carbocycles. The predicted molar refractivity (Wildman–Crippen MR) is 158 cm³/mol. The molecule has 4 aliphatic carbocycles. The highest BCUT2D eigenvalue weighted by Gasteiger charge is 2.72. The van der Waals surface area contributed by atoms with E-state index in [-0.39, 0.29) is 45.7 Å². The number of carbonyl (C=O) groups is 2. The van der Waals surface area contributed by atoms with Gasteiger partial charge in [-0.1, -0.05) is 39.3 Å². The lowest BCUT2D eigenvalue weighted by Crippen LogP contribution is -2.66. The summed E-state index contributed by atoms with van der Waals surface area (Å²) in [5, 5.41) is 33.3. The van der Waals surface area contributed by atoms with Crippen LogP contribution in [-0.2, 0) is 9.53 Å². The molecule has 0 bridgehead atoms. The molecule has 0 aromatic heterocycles. The first-order valence-corrected chi connectivity index (χ1v) is 15.8. The van der Waals surface area contributed by atoms with Crippen LogP contribution < -0.4 is 0 Å². The molecule has 0 radical (unpaired) electrons. The number of hydrogen-bond donors (Lipinski definition) is 3. The van der Waals surface area contributed by atoms with Crippen molar-refractivity contribution in [3.8, 4) is 0 Å². The number of carbonyl (C=O) groups excluding carboxylic acids is 1. The molecule has 232 valence electrons. The molecule has 5 rings (SSSR count). The van der Waals surface area contributed by atoms with Gasteiger partial charge < -0.3 is 20.1 Å². The number of carboxylic acid groups (broad SMARTS) is 1. The molecule has 0 saturated heterocycles. The van der Waals surface area contributed by atoms with E-state index in [1.54, 1.807) is 0 Å². The van der Waals surface area contributed by atoms with Crippen LogP contribution in [0.25, 0.3) is 0 Å². The van der Waals surface area contributed by atoms with Gasteiger partial charge in [0.1, 0.15) is 11.9 Å². The third kappa shape index (κ3) is 4.83. The number of aliphatic hydroxyl groups is 2. The fourth-order valence-electron chi connectivity index (χ4n) is 10.7. The van der Waals surface area contributed by atoms with Crippen LogP contribution in [0.5, 0.6) is 0 Å². The molecule has 4 fully saturated rings. The molecule has 6 nitrogen and oxygen atoms in total. The number of ether oxygens (including phenoxy) is 1. The van der Waals surface area contributed by atoms with Gasteiger partial charge in [-0.3, -0.25) is 4.79 Å². The molecule has 12 atom stereocenters. The van der Waals surface area contributed by atoms with Crippen molar-refractivity contribution < 1.29 is 34.0 Å². The first-order valence-electron chi connectivity index (χ1n) is 15.8. The molecule has 4 unspecified atom stereocenters. The monoisotopic (exact) mass is 584 g/mol. The quantitative estimate of drug-likeness (QED) is 0.256. The van der Waals surface area contributed by atoms with E-state index in [1.807, 2.05) is 19.9 Å². The van der Waals surface area contributed by atoms with Crippen molar-refractivity contribution in [1.29, 1.82) is 0 Å². The molecular formula is C35H49FO6. The van der Waals surface area contributed by atoms with E-state index in [1.165, 1.54) is 24.3 Å². The Morgan fingerprint density at radius 1 is 1.02 bits per heavy atom. The maximum absolute atomic E-state index is 13.6. The zero-order chi connectivity index (χ0) is 30.8. The summed E-state index contributed by atoms with van der Waals surface area (Å²) < 4.78 is 19.8. The Morgan fingerprint density at radius 3 is 2.31 bits per heavy atom. The fourth-order valence-corrected chi connectivity index (χ4v) is 10.7. The molecule has 0 amide bonds. The number of allylic oxidation sites excluding steroid dienone is 2.